The lowest BCUT2D eigenvalue weighted by Gasteiger charge is -2.22. The van der Waals surface area contributed by atoms with Gasteiger partial charge in [0.15, 0.2) is 0 Å². The molecule has 8 heteroatoms. The Morgan fingerprint density at radius 3 is 2.52 bits per heavy atom. The first kappa shape index (κ1) is 24.0. The lowest BCUT2D eigenvalue weighted by Crippen LogP contribution is -2.40. The fourth-order valence-electron chi connectivity index (χ4n) is 3.46. The van der Waals surface area contributed by atoms with E-state index in [1.165, 1.54) is 0 Å². The van der Waals surface area contributed by atoms with Gasteiger partial charge in [0.25, 0.3) is 5.91 Å². The van der Waals surface area contributed by atoms with E-state index in [2.05, 4.69) is 32.1 Å². The summed E-state index contributed by atoms with van der Waals surface area (Å²) in [4.78, 5) is 18.7. The van der Waals surface area contributed by atoms with Crippen molar-refractivity contribution in [2.75, 3.05) is 31.9 Å². The zero-order chi connectivity index (χ0) is 23.8. The van der Waals surface area contributed by atoms with Gasteiger partial charge in [-0.3, -0.25) is 9.48 Å². The minimum absolute atomic E-state index is 0.202. The zero-order valence-electron chi connectivity index (χ0n) is 19.2. The Balaban J connectivity index is 1.68. The molecule has 3 rings (SSSR count). The van der Waals surface area contributed by atoms with Crippen LogP contribution in [0.5, 0.6) is 0 Å². The predicted molar refractivity (Wildman–Crippen MR) is 129 cm³/mol. The monoisotopic (exact) mass is 446 g/mol. The van der Waals surface area contributed by atoms with Gasteiger partial charge in [-0.25, -0.2) is 4.98 Å². The van der Waals surface area contributed by atoms with Crippen LogP contribution in [-0.2, 0) is 7.05 Å². The molecule has 1 amide bonds. The van der Waals surface area contributed by atoms with Crippen LogP contribution in [0.3, 0.4) is 0 Å². The molecular formula is C25H30N6O2. The molecule has 33 heavy (non-hydrogen) atoms. The molecule has 3 aromatic rings. The van der Waals surface area contributed by atoms with Crippen molar-refractivity contribution >= 4 is 11.7 Å². The van der Waals surface area contributed by atoms with E-state index in [0.29, 0.717) is 23.5 Å². The molecule has 172 valence electrons. The van der Waals surface area contributed by atoms with Crippen molar-refractivity contribution < 1.29 is 9.90 Å². The summed E-state index contributed by atoms with van der Waals surface area (Å²) in [7, 11) is 1.86. The maximum absolute atomic E-state index is 12.4. The van der Waals surface area contributed by atoms with Gasteiger partial charge in [-0.05, 0) is 49.5 Å². The van der Waals surface area contributed by atoms with Crippen LogP contribution >= 0.6 is 0 Å². The van der Waals surface area contributed by atoms with E-state index < -0.39 is 6.10 Å². The molecule has 0 saturated carbocycles. The molecule has 8 nitrogen and oxygen atoms in total. The fraction of sp³-hybridized carbons (Fsp3) is 0.320. The molecule has 0 radical (unpaired) electrons. The summed E-state index contributed by atoms with van der Waals surface area (Å²) in [6.07, 6.45) is 2.75. The summed E-state index contributed by atoms with van der Waals surface area (Å²) in [5.74, 6) is 6.33. The third-order valence-corrected chi connectivity index (χ3v) is 5.42. The Hall–Kier alpha value is -3.67. The number of hydrogen-bond acceptors (Lipinski definition) is 6. The van der Waals surface area contributed by atoms with Crippen LogP contribution in [0.2, 0.25) is 0 Å². The number of pyridine rings is 1. The number of carbonyl (C=O) groups excluding carboxylic acids is 1. The molecule has 0 bridgehead atoms. The van der Waals surface area contributed by atoms with Gasteiger partial charge in [-0.1, -0.05) is 25.7 Å². The zero-order valence-corrected chi connectivity index (χ0v) is 19.2. The van der Waals surface area contributed by atoms with E-state index in [4.69, 9.17) is 5.73 Å². The predicted octanol–water partition coefficient (Wildman–Crippen LogP) is 1.90. The van der Waals surface area contributed by atoms with Crippen molar-refractivity contribution in [1.82, 2.24) is 25.0 Å². The van der Waals surface area contributed by atoms with Crippen molar-refractivity contribution in [2.24, 2.45) is 7.05 Å². The highest BCUT2D eigenvalue weighted by molar-refractivity contribution is 5.94. The Kier molecular flexibility index (Phi) is 8.19. The van der Waals surface area contributed by atoms with Gasteiger partial charge in [0, 0.05) is 49.2 Å². The van der Waals surface area contributed by atoms with Crippen LogP contribution in [0.25, 0.3) is 11.3 Å². The lowest BCUT2D eigenvalue weighted by molar-refractivity contribution is 0.0869. The molecule has 1 aromatic carbocycles. The van der Waals surface area contributed by atoms with Gasteiger partial charge in [0.1, 0.15) is 5.82 Å². The second-order valence-corrected chi connectivity index (χ2v) is 7.64. The number of benzene rings is 1. The highest BCUT2D eigenvalue weighted by Gasteiger charge is 2.12. The molecule has 0 spiro atoms. The number of anilines is 1. The molecule has 0 aliphatic rings. The number of nitrogens with two attached hydrogens (primary N) is 1. The molecule has 0 saturated heterocycles. The van der Waals surface area contributed by atoms with E-state index in [0.717, 1.165) is 29.9 Å². The first-order valence-electron chi connectivity index (χ1n) is 11.0. The summed E-state index contributed by atoms with van der Waals surface area (Å²) in [5.41, 5.74) is 9.72. The fourth-order valence-corrected chi connectivity index (χ4v) is 3.46. The number of aliphatic hydroxyl groups is 1. The molecule has 2 heterocycles. The minimum atomic E-state index is -0.613. The SMILES string of the molecule is CCN(CC)CC(O)CNC(=O)c1ccc(C#Cc2c(-c3ccnn3C)ccnc2N)cc1. The van der Waals surface area contributed by atoms with Crippen LogP contribution in [0, 0.1) is 11.8 Å². The maximum Gasteiger partial charge on any atom is 0.251 e. The number of amides is 1. The lowest BCUT2D eigenvalue weighted by atomic mass is 10.1. The summed E-state index contributed by atoms with van der Waals surface area (Å²) >= 11 is 0. The number of nitrogens with one attached hydrogen (secondary N) is 1. The topological polar surface area (TPSA) is 109 Å². The second kappa shape index (κ2) is 11.3. The van der Waals surface area contributed by atoms with E-state index >= 15 is 0 Å². The summed E-state index contributed by atoms with van der Waals surface area (Å²) in [6, 6.07) is 10.7. The first-order chi connectivity index (χ1) is 15.9. The summed E-state index contributed by atoms with van der Waals surface area (Å²) in [5, 5.41) is 17.1. The van der Waals surface area contributed by atoms with Gasteiger partial charge < -0.3 is 21.1 Å². The highest BCUT2D eigenvalue weighted by Crippen LogP contribution is 2.25. The maximum atomic E-state index is 12.4. The molecule has 4 N–H and O–H groups in total. The molecular weight excluding hydrogens is 416 g/mol. The number of nitrogen functional groups attached to an aromatic ring is 1. The number of carbonyl (C=O) groups is 1. The van der Waals surface area contributed by atoms with Crippen LogP contribution in [0.15, 0.2) is 48.8 Å². The highest BCUT2D eigenvalue weighted by atomic mass is 16.3. The number of likely N-dealkylation sites (N-methyl/N-ethyl adjacent to an activating group) is 1. The number of rotatable bonds is 8. The molecule has 0 fully saturated rings. The molecule has 2 aromatic heterocycles. The van der Waals surface area contributed by atoms with Gasteiger partial charge in [0.2, 0.25) is 0 Å². The Morgan fingerprint density at radius 2 is 1.88 bits per heavy atom. The number of nitrogens with zero attached hydrogens (tertiary/aromatic N) is 4. The average Bonchev–Trinajstić information content (AvgIpc) is 3.26. The van der Waals surface area contributed by atoms with Crippen LogP contribution in [0.1, 0.15) is 35.3 Å². The Morgan fingerprint density at radius 1 is 1.15 bits per heavy atom. The molecule has 0 aliphatic carbocycles. The summed E-state index contributed by atoms with van der Waals surface area (Å²) < 4.78 is 1.76. The normalized spacial score (nSPS) is 11.7. The van der Waals surface area contributed by atoms with E-state index in [-0.39, 0.29) is 12.5 Å². The van der Waals surface area contributed by atoms with Crippen LogP contribution in [0.4, 0.5) is 5.82 Å². The average molecular weight is 447 g/mol. The minimum Gasteiger partial charge on any atom is -0.390 e. The van der Waals surface area contributed by atoms with Gasteiger partial charge in [-0.15, -0.1) is 0 Å². The number of aryl methyl sites for hydroxylation is 1. The number of hydrogen-bond donors (Lipinski definition) is 3. The molecule has 1 atom stereocenters. The third kappa shape index (κ3) is 6.19. The Bertz CT molecular complexity index is 1140. The van der Waals surface area contributed by atoms with Crippen molar-refractivity contribution in [3.05, 3.63) is 65.5 Å². The van der Waals surface area contributed by atoms with Crippen molar-refractivity contribution in [1.29, 1.82) is 0 Å². The third-order valence-electron chi connectivity index (χ3n) is 5.42. The summed E-state index contributed by atoms with van der Waals surface area (Å²) in [6.45, 7) is 6.54. The standard InChI is InChI=1S/C25H30N6O2/c1-4-31(5-2)17-20(32)16-28-25(33)19-9-6-18(7-10-19)8-11-22-21(12-14-27-24(22)26)23-13-15-29-30(23)3/h6-7,9-10,12-15,20,32H,4-5,16-17H2,1-3H3,(H2,26,27)(H,28,33). The second-order valence-electron chi connectivity index (χ2n) is 7.64. The number of aliphatic hydroxyl groups excluding tert-OH is 1. The number of aromatic nitrogens is 3. The van der Waals surface area contributed by atoms with Crippen molar-refractivity contribution in [3.8, 4) is 23.1 Å². The van der Waals surface area contributed by atoms with E-state index in [1.54, 1.807) is 41.3 Å². The largest absolute Gasteiger partial charge is 0.390 e. The molecule has 0 aliphatic heterocycles. The van der Waals surface area contributed by atoms with E-state index in [9.17, 15) is 9.90 Å². The van der Waals surface area contributed by atoms with Crippen molar-refractivity contribution in [2.45, 2.75) is 20.0 Å². The Labute approximate surface area is 194 Å². The van der Waals surface area contributed by atoms with Crippen LogP contribution < -0.4 is 11.1 Å². The first-order valence-corrected chi connectivity index (χ1v) is 11.0. The van der Waals surface area contributed by atoms with Crippen LogP contribution in [-0.4, -0.2) is 63.0 Å². The smallest absolute Gasteiger partial charge is 0.251 e. The molecule has 1 unspecified atom stereocenters. The van der Waals surface area contributed by atoms with Gasteiger partial charge >= 0.3 is 0 Å². The van der Waals surface area contributed by atoms with Gasteiger partial charge in [-0.2, -0.15) is 5.10 Å². The van der Waals surface area contributed by atoms with E-state index in [1.807, 2.05) is 33.0 Å². The van der Waals surface area contributed by atoms with Gasteiger partial charge in [0.05, 0.1) is 17.4 Å². The van der Waals surface area contributed by atoms with Crippen molar-refractivity contribution in [3.63, 3.8) is 0 Å². The quantitative estimate of drug-likeness (QED) is 0.456.